The number of rotatable bonds is 6. The first-order chi connectivity index (χ1) is 15.3. The maximum Gasteiger partial charge on any atom is 0.243 e. The molecule has 1 amide bonds. The van der Waals surface area contributed by atoms with E-state index in [-0.39, 0.29) is 23.5 Å². The van der Waals surface area contributed by atoms with Crippen molar-refractivity contribution in [2.45, 2.75) is 44.1 Å². The lowest BCUT2D eigenvalue weighted by molar-refractivity contribution is -0.120. The minimum Gasteiger partial charge on any atom is -0.492 e. The molecule has 9 heteroatoms. The lowest BCUT2D eigenvalue weighted by Crippen LogP contribution is -2.43. The second-order valence-electron chi connectivity index (χ2n) is 8.17. The molecule has 1 fully saturated rings. The number of amides is 1. The van der Waals surface area contributed by atoms with Crippen LogP contribution in [0.25, 0.3) is 0 Å². The third-order valence-electron chi connectivity index (χ3n) is 5.76. The van der Waals surface area contributed by atoms with Crippen LogP contribution in [-0.4, -0.2) is 44.4 Å². The van der Waals surface area contributed by atoms with Gasteiger partial charge in [-0.3, -0.25) is 4.79 Å². The first-order valence-corrected chi connectivity index (χ1v) is 12.6. The number of carbonyl (C=O) groups is 1. The quantitative estimate of drug-likeness (QED) is 0.675. The second-order valence-corrected chi connectivity index (χ2v) is 10.5. The Kier molecular flexibility index (Phi) is 6.65. The molecular formula is C23H27ClN2O5S. The maximum absolute atomic E-state index is 13.1. The molecule has 0 spiro atoms. The van der Waals surface area contributed by atoms with E-state index in [0.29, 0.717) is 42.5 Å². The van der Waals surface area contributed by atoms with Crippen molar-refractivity contribution in [1.82, 2.24) is 4.31 Å². The fourth-order valence-electron chi connectivity index (χ4n) is 4.18. The summed E-state index contributed by atoms with van der Waals surface area (Å²) in [5.41, 5.74) is 1.60. The van der Waals surface area contributed by atoms with Crippen molar-refractivity contribution in [3.05, 3.63) is 47.0 Å². The number of halogens is 1. The van der Waals surface area contributed by atoms with Crippen LogP contribution in [-0.2, 0) is 21.2 Å². The highest BCUT2D eigenvalue weighted by Crippen LogP contribution is 2.38. The number of sulfonamides is 1. The molecule has 2 aliphatic rings. The molecule has 32 heavy (non-hydrogen) atoms. The molecule has 2 heterocycles. The Morgan fingerprint density at radius 1 is 1.28 bits per heavy atom. The predicted octanol–water partition coefficient (Wildman–Crippen LogP) is 4.10. The van der Waals surface area contributed by atoms with Crippen LogP contribution < -0.4 is 14.8 Å². The SMILES string of the molecule is CCOc1cc2c(cc1NC(=O)C1CCCN(S(=O)(=O)c3ccc(Cl)cc3)C1)OC(C)C2. The fourth-order valence-corrected chi connectivity index (χ4v) is 5.83. The maximum atomic E-state index is 13.1. The van der Waals surface area contributed by atoms with E-state index in [1.165, 1.54) is 16.4 Å². The minimum absolute atomic E-state index is 0.0791. The van der Waals surface area contributed by atoms with Crippen molar-refractivity contribution in [3.63, 3.8) is 0 Å². The smallest absolute Gasteiger partial charge is 0.243 e. The summed E-state index contributed by atoms with van der Waals surface area (Å²) in [5, 5.41) is 3.42. The number of anilines is 1. The number of hydrogen-bond acceptors (Lipinski definition) is 5. The van der Waals surface area contributed by atoms with Gasteiger partial charge in [0.15, 0.2) is 0 Å². The van der Waals surface area contributed by atoms with E-state index in [4.69, 9.17) is 21.1 Å². The van der Waals surface area contributed by atoms with Crippen LogP contribution in [0.2, 0.25) is 5.02 Å². The Hall–Kier alpha value is -2.29. The number of fused-ring (bicyclic) bond motifs is 1. The molecule has 2 aromatic rings. The van der Waals surface area contributed by atoms with Gasteiger partial charge in [0.25, 0.3) is 0 Å². The molecule has 2 atom stereocenters. The zero-order valence-corrected chi connectivity index (χ0v) is 19.7. The van der Waals surface area contributed by atoms with Crippen molar-refractivity contribution >= 4 is 33.2 Å². The fraction of sp³-hybridized carbons (Fsp3) is 0.435. The number of piperidine rings is 1. The lowest BCUT2D eigenvalue weighted by Gasteiger charge is -2.31. The number of hydrogen-bond donors (Lipinski definition) is 1. The molecule has 1 saturated heterocycles. The van der Waals surface area contributed by atoms with E-state index in [1.807, 2.05) is 19.9 Å². The van der Waals surface area contributed by atoms with Gasteiger partial charge in [-0.15, -0.1) is 0 Å². The number of benzene rings is 2. The van der Waals surface area contributed by atoms with Crippen molar-refractivity contribution in [1.29, 1.82) is 0 Å². The zero-order valence-electron chi connectivity index (χ0n) is 18.1. The molecule has 1 N–H and O–H groups in total. The summed E-state index contributed by atoms with van der Waals surface area (Å²) in [7, 11) is -3.70. The Bertz CT molecular complexity index is 1100. The molecule has 0 aliphatic carbocycles. The standard InChI is InChI=1S/C23H27ClN2O5S/c1-3-30-22-12-17-11-15(2)31-21(17)13-20(22)25-23(27)16-5-4-10-26(14-16)32(28,29)19-8-6-18(24)7-9-19/h6-9,12-13,15-16H,3-5,10-11,14H2,1-2H3,(H,25,27). The van der Waals surface area contributed by atoms with Crippen molar-refractivity contribution in [3.8, 4) is 11.5 Å². The first kappa shape index (κ1) is 22.9. The van der Waals surface area contributed by atoms with Gasteiger partial charge in [-0.2, -0.15) is 4.31 Å². The van der Waals surface area contributed by atoms with E-state index < -0.39 is 15.9 Å². The summed E-state index contributed by atoms with van der Waals surface area (Å²) in [6.45, 7) is 4.85. The van der Waals surface area contributed by atoms with Crippen LogP contribution in [0.5, 0.6) is 11.5 Å². The topological polar surface area (TPSA) is 84.9 Å². The molecule has 7 nitrogen and oxygen atoms in total. The summed E-state index contributed by atoms with van der Waals surface area (Å²) < 4.78 is 39.0. The van der Waals surface area contributed by atoms with Crippen LogP contribution >= 0.6 is 11.6 Å². The van der Waals surface area contributed by atoms with E-state index >= 15 is 0 Å². The van der Waals surface area contributed by atoms with E-state index in [9.17, 15) is 13.2 Å². The molecule has 172 valence electrons. The average molecular weight is 479 g/mol. The highest BCUT2D eigenvalue weighted by atomic mass is 35.5. The molecule has 0 bridgehead atoms. The Morgan fingerprint density at radius 2 is 2.03 bits per heavy atom. The Morgan fingerprint density at radius 3 is 2.75 bits per heavy atom. The zero-order chi connectivity index (χ0) is 22.9. The van der Waals surface area contributed by atoms with E-state index in [1.54, 1.807) is 18.2 Å². The molecule has 2 aromatic carbocycles. The van der Waals surface area contributed by atoms with Gasteiger partial charge in [0.05, 0.1) is 23.1 Å². The molecular weight excluding hydrogens is 452 g/mol. The van der Waals surface area contributed by atoms with Crippen LogP contribution in [0.1, 0.15) is 32.3 Å². The summed E-state index contributed by atoms with van der Waals surface area (Å²) in [6.07, 6.45) is 2.09. The van der Waals surface area contributed by atoms with Crippen molar-refractivity contribution < 1.29 is 22.7 Å². The van der Waals surface area contributed by atoms with E-state index in [0.717, 1.165) is 17.7 Å². The normalized spacial score (nSPS) is 21.0. The molecule has 0 saturated carbocycles. The summed E-state index contributed by atoms with van der Waals surface area (Å²) >= 11 is 5.89. The van der Waals surface area contributed by atoms with Gasteiger partial charge in [0.2, 0.25) is 15.9 Å². The number of nitrogens with zero attached hydrogens (tertiary/aromatic N) is 1. The second kappa shape index (κ2) is 9.29. The van der Waals surface area contributed by atoms with Crippen LogP contribution in [0, 0.1) is 5.92 Å². The summed E-state index contributed by atoms with van der Waals surface area (Å²) in [5.74, 6) is 0.645. The third-order valence-corrected chi connectivity index (χ3v) is 7.89. The molecule has 4 rings (SSSR count). The van der Waals surface area contributed by atoms with Crippen LogP contribution in [0.3, 0.4) is 0 Å². The van der Waals surface area contributed by atoms with Gasteiger partial charge >= 0.3 is 0 Å². The first-order valence-electron chi connectivity index (χ1n) is 10.8. The van der Waals surface area contributed by atoms with Gasteiger partial charge in [0, 0.05) is 36.2 Å². The third kappa shape index (κ3) is 4.72. The number of ether oxygens (including phenoxy) is 2. The summed E-state index contributed by atoms with van der Waals surface area (Å²) in [6, 6.07) is 9.79. The number of carbonyl (C=O) groups excluding carboxylic acids is 1. The number of nitrogens with one attached hydrogen (secondary N) is 1. The monoisotopic (exact) mass is 478 g/mol. The molecule has 0 aromatic heterocycles. The van der Waals surface area contributed by atoms with Crippen LogP contribution in [0.15, 0.2) is 41.3 Å². The predicted molar refractivity (Wildman–Crippen MR) is 123 cm³/mol. The highest BCUT2D eigenvalue weighted by molar-refractivity contribution is 7.89. The van der Waals surface area contributed by atoms with Gasteiger partial charge in [-0.1, -0.05) is 11.6 Å². The van der Waals surface area contributed by atoms with Crippen molar-refractivity contribution in [2.75, 3.05) is 25.0 Å². The van der Waals surface area contributed by atoms with Crippen LogP contribution in [0.4, 0.5) is 5.69 Å². The average Bonchev–Trinajstić information content (AvgIpc) is 3.13. The molecule has 0 radical (unpaired) electrons. The minimum atomic E-state index is -3.70. The highest BCUT2D eigenvalue weighted by Gasteiger charge is 2.34. The van der Waals surface area contributed by atoms with Gasteiger partial charge in [-0.05, 0) is 57.0 Å². The van der Waals surface area contributed by atoms with Gasteiger partial charge in [0.1, 0.15) is 17.6 Å². The van der Waals surface area contributed by atoms with E-state index in [2.05, 4.69) is 5.32 Å². The van der Waals surface area contributed by atoms with Crippen molar-refractivity contribution in [2.24, 2.45) is 5.92 Å². The van der Waals surface area contributed by atoms with Gasteiger partial charge < -0.3 is 14.8 Å². The van der Waals surface area contributed by atoms with Gasteiger partial charge in [-0.25, -0.2) is 8.42 Å². The Balaban J connectivity index is 1.50. The molecule has 2 aliphatic heterocycles. The largest absolute Gasteiger partial charge is 0.492 e. The Labute approximate surface area is 193 Å². The lowest BCUT2D eigenvalue weighted by atomic mass is 9.98. The summed E-state index contributed by atoms with van der Waals surface area (Å²) in [4.78, 5) is 13.3. The molecule has 2 unspecified atom stereocenters.